The van der Waals surface area contributed by atoms with Crippen molar-refractivity contribution in [2.24, 2.45) is 0 Å². The van der Waals surface area contributed by atoms with Crippen LogP contribution in [0.15, 0.2) is 48.5 Å². The molecule has 132 valence electrons. The summed E-state index contributed by atoms with van der Waals surface area (Å²) in [7, 11) is 2.13. The predicted octanol–water partition coefficient (Wildman–Crippen LogP) is 3.23. The van der Waals surface area contributed by atoms with E-state index in [0.29, 0.717) is 0 Å². The number of rotatable bonds is 4. The Morgan fingerprint density at radius 1 is 1.00 bits per heavy atom. The zero-order chi connectivity index (χ0) is 17.8. The first kappa shape index (κ1) is 17.6. The summed E-state index contributed by atoms with van der Waals surface area (Å²) in [5.74, 6) is 0.0458. The molecule has 1 fully saturated rings. The number of hydrogen-bond donors (Lipinski definition) is 1. The summed E-state index contributed by atoms with van der Waals surface area (Å²) < 4.78 is 0. The van der Waals surface area contributed by atoms with Crippen molar-refractivity contribution in [2.45, 2.75) is 19.9 Å². The Balaban J connectivity index is 1.86. The molecule has 1 aliphatic heterocycles. The first-order chi connectivity index (χ1) is 12.0. The molecule has 1 amide bonds. The zero-order valence-corrected chi connectivity index (χ0v) is 15.3. The largest absolute Gasteiger partial charge is 0.324 e. The van der Waals surface area contributed by atoms with Crippen molar-refractivity contribution in [1.82, 2.24) is 9.80 Å². The lowest BCUT2D eigenvalue weighted by molar-refractivity contribution is -0.122. The highest BCUT2D eigenvalue weighted by Crippen LogP contribution is 2.25. The van der Waals surface area contributed by atoms with E-state index in [9.17, 15) is 4.79 Å². The van der Waals surface area contributed by atoms with Crippen LogP contribution in [0, 0.1) is 13.8 Å². The molecule has 0 radical (unpaired) electrons. The zero-order valence-electron chi connectivity index (χ0n) is 15.3. The van der Waals surface area contributed by atoms with Gasteiger partial charge < -0.3 is 10.2 Å². The van der Waals surface area contributed by atoms with Crippen LogP contribution < -0.4 is 5.32 Å². The Bertz CT molecular complexity index is 721. The van der Waals surface area contributed by atoms with Gasteiger partial charge in [0, 0.05) is 31.9 Å². The fourth-order valence-electron chi connectivity index (χ4n) is 3.32. The maximum Gasteiger partial charge on any atom is 0.246 e. The topological polar surface area (TPSA) is 35.6 Å². The fourth-order valence-corrected chi connectivity index (χ4v) is 3.32. The lowest BCUT2D eigenvalue weighted by atomic mass is 10.0. The number of nitrogens with zero attached hydrogens (tertiary/aromatic N) is 2. The van der Waals surface area contributed by atoms with Crippen LogP contribution in [0.3, 0.4) is 0 Å². The molecule has 0 saturated carbocycles. The van der Waals surface area contributed by atoms with E-state index < -0.39 is 0 Å². The maximum absolute atomic E-state index is 13.2. The average molecular weight is 337 g/mol. The van der Waals surface area contributed by atoms with Gasteiger partial charge in [0.2, 0.25) is 5.91 Å². The number of benzene rings is 2. The summed E-state index contributed by atoms with van der Waals surface area (Å²) in [6, 6.07) is 16.0. The molecule has 1 saturated heterocycles. The van der Waals surface area contributed by atoms with Crippen LogP contribution in [0.4, 0.5) is 5.69 Å². The van der Waals surface area contributed by atoms with Crippen molar-refractivity contribution >= 4 is 11.6 Å². The number of piperazine rings is 1. The van der Waals surface area contributed by atoms with Gasteiger partial charge in [0.05, 0.1) is 0 Å². The van der Waals surface area contributed by atoms with Crippen LogP contribution in [0.2, 0.25) is 0 Å². The van der Waals surface area contributed by atoms with Gasteiger partial charge in [-0.3, -0.25) is 9.69 Å². The highest BCUT2D eigenvalue weighted by molar-refractivity contribution is 5.96. The van der Waals surface area contributed by atoms with Gasteiger partial charge in [-0.2, -0.15) is 0 Å². The fraction of sp³-hybridized carbons (Fsp3) is 0.381. The summed E-state index contributed by atoms with van der Waals surface area (Å²) >= 11 is 0. The molecule has 1 N–H and O–H groups in total. The minimum absolute atomic E-state index is 0.0458. The molecule has 0 spiro atoms. The summed E-state index contributed by atoms with van der Waals surface area (Å²) in [5, 5.41) is 3.16. The van der Waals surface area contributed by atoms with E-state index in [4.69, 9.17) is 0 Å². The highest BCUT2D eigenvalue weighted by atomic mass is 16.2. The van der Waals surface area contributed by atoms with Gasteiger partial charge >= 0.3 is 0 Å². The van der Waals surface area contributed by atoms with E-state index in [-0.39, 0.29) is 11.9 Å². The Hall–Kier alpha value is -2.17. The minimum Gasteiger partial charge on any atom is -0.324 e. The van der Waals surface area contributed by atoms with E-state index >= 15 is 0 Å². The number of carbonyl (C=O) groups is 1. The number of carbonyl (C=O) groups excluding carboxylic acids is 1. The molecule has 0 aliphatic carbocycles. The first-order valence-electron chi connectivity index (χ1n) is 8.90. The van der Waals surface area contributed by atoms with Gasteiger partial charge in [-0.15, -0.1) is 0 Å². The molecule has 1 atom stereocenters. The normalized spacial score (nSPS) is 17.2. The number of aryl methyl sites for hydroxylation is 2. The number of amides is 1. The van der Waals surface area contributed by atoms with Crippen molar-refractivity contribution in [1.29, 1.82) is 0 Å². The first-order valence-corrected chi connectivity index (χ1v) is 8.90. The lowest BCUT2D eigenvalue weighted by Crippen LogP contribution is -2.48. The van der Waals surface area contributed by atoms with Crippen molar-refractivity contribution in [3.63, 3.8) is 0 Å². The monoisotopic (exact) mass is 337 g/mol. The van der Waals surface area contributed by atoms with Crippen LogP contribution in [0.25, 0.3) is 0 Å². The molecule has 0 bridgehead atoms. The number of nitrogens with one attached hydrogen (secondary N) is 1. The Kier molecular flexibility index (Phi) is 5.51. The quantitative estimate of drug-likeness (QED) is 0.930. The molecule has 0 aromatic heterocycles. The van der Waals surface area contributed by atoms with Gasteiger partial charge in [-0.1, -0.05) is 42.5 Å². The van der Waals surface area contributed by atoms with Crippen LogP contribution in [0.5, 0.6) is 0 Å². The second-order valence-electron chi connectivity index (χ2n) is 6.96. The van der Waals surface area contributed by atoms with E-state index in [1.54, 1.807) is 0 Å². The second kappa shape index (κ2) is 7.81. The van der Waals surface area contributed by atoms with Gasteiger partial charge in [0.25, 0.3) is 0 Å². The Morgan fingerprint density at radius 2 is 1.68 bits per heavy atom. The number of anilines is 1. The van der Waals surface area contributed by atoms with E-state index in [1.165, 1.54) is 0 Å². The summed E-state index contributed by atoms with van der Waals surface area (Å²) in [4.78, 5) is 17.8. The molecule has 2 aromatic rings. The van der Waals surface area contributed by atoms with E-state index in [0.717, 1.165) is 48.6 Å². The van der Waals surface area contributed by atoms with Gasteiger partial charge in [-0.25, -0.2) is 0 Å². The molecule has 1 unspecified atom stereocenters. The van der Waals surface area contributed by atoms with Crippen molar-refractivity contribution in [2.75, 3.05) is 38.5 Å². The molecular formula is C21H27N3O. The molecule has 4 nitrogen and oxygen atoms in total. The Morgan fingerprint density at radius 3 is 2.36 bits per heavy atom. The van der Waals surface area contributed by atoms with Gasteiger partial charge in [0.15, 0.2) is 0 Å². The minimum atomic E-state index is -0.255. The predicted molar refractivity (Wildman–Crippen MR) is 103 cm³/mol. The third kappa shape index (κ3) is 4.27. The summed E-state index contributed by atoms with van der Waals surface area (Å²) in [6.07, 6.45) is 0. The maximum atomic E-state index is 13.2. The smallest absolute Gasteiger partial charge is 0.246 e. The van der Waals surface area contributed by atoms with E-state index in [1.807, 2.05) is 50.2 Å². The highest BCUT2D eigenvalue weighted by Gasteiger charge is 2.30. The number of likely N-dealkylation sites (N-methyl/N-ethyl adjacent to an activating group) is 1. The van der Waals surface area contributed by atoms with Gasteiger partial charge in [-0.05, 0) is 43.7 Å². The summed E-state index contributed by atoms with van der Waals surface area (Å²) in [6.45, 7) is 7.85. The molecule has 1 aliphatic rings. The molecule has 4 heteroatoms. The molecule has 25 heavy (non-hydrogen) atoms. The lowest BCUT2D eigenvalue weighted by Gasteiger charge is -2.37. The molecule has 3 rings (SSSR count). The standard InChI is InChI=1S/C21H27N3O/c1-16-9-10-17(2)19(15-16)22-21(25)20(18-7-5-4-6-8-18)24-13-11-23(3)12-14-24/h4-10,15,20H,11-14H2,1-3H3,(H,22,25). The average Bonchev–Trinajstić information content (AvgIpc) is 2.61. The molecule has 2 aromatic carbocycles. The van der Waals surface area contributed by atoms with Crippen molar-refractivity contribution < 1.29 is 4.79 Å². The second-order valence-corrected chi connectivity index (χ2v) is 6.96. The van der Waals surface area contributed by atoms with Crippen molar-refractivity contribution in [3.8, 4) is 0 Å². The van der Waals surface area contributed by atoms with Crippen LogP contribution in [-0.2, 0) is 4.79 Å². The number of hydrogen-bond acceptors (Lipinski definition) is 3. The van der Waals surface area contributed by atoms with Crippen LogP contribution in [0.1, 0.15) is 22.7 Å². The molecule has 1 heterocycles. The van der Waals surface area contributed by atoms with Gasteiger partial charge in [0.1, 0.15) is 6.04 Å². The Labute approximate surface area is 150 Å². The third-order valence-corrected chi connectivity index (χ3v) is 4.92. The van der Waals surface area contributed by atoms with Crippen LogP contribution in [-0.4, -0.2) is 48.9 Å². The molecular weight excluding hydrogens is 310 g/mol. The SMILES string of the molecule is Cc1ccc(C)c(NC(=O)C(c2ccccc2)N2CCN(C)CC2)c1. The summed E-state index contributed by atoms with van der Waals surface area (Å²) in [5.41, 5.74) is 4.19. The van der Waals surface area contributed by atoms with Crippen LogP contribution >= 0.6 is 0 Å². The van der Waals surface area contributed by atoms with Crippen molar-refractivity contribution in [3.05, 3.63) is 65.2 Å². The third-order valence-electron chi connectivity index (χ3n) is 4.92. The van der Waals surface area contributed by atoms with E-state index in [2.05, 4.69) is 34.3 Å².